The van der Waals surface area contributed by atoms with E-state index in [-0.39, 0.29) is 17.9 Å². The molecule has 0 amide bonds. The fraction of sp³-hybridized carbons (Fsp3) is 0.357. The summed E-state index contributed by atoms with van der Waals surface area (Å²) in [5, 5.41) is 0.725. The number of rotatable bonds is 6. The van der Waals surface area contributed by atoms with Crippen LogP contribution in [0, 0.1) is 0 Å². The molecule has 8 heteroatoms. The number of nitrogens with one attached hydrogen (secondary N) is 2. The molecule has 0 aliphatic carbocycles. The summed E-state index contributed by atoms with van der Waals surface area (Å²) in [6, 6.07) is 5.02. The molecule has 2 aromatic rings. The zero-order valence-corrected chi connectivity index (χ0v) is 13.4. The summed E-state index contributed by atoms with van der Waals surface area (Å²) in [5.74, 6) is 0.996. The minimum atomic E-state index is -3.36. The van der Waals surface area contributed by atoms with Crippen LogP contribution < -0.4 is 19.8 Å². The standard InChI is InChI=1S/C14H18N2O5S/c1-4-22(18,19)15-8-10-5-9-6-12(20-2)13(21-3)7-11(9)16-14(10)17/h5-7,15H,4,8H2,1-3H3,(H,16,17). The van der Waals surface area contributed by atoms with Crippen LogP contribution >= 0.6 is 0 Å². The van der Waals surface area contributed by atoms with E-state index in [1.54, 1.807) is 18.2 Å². The second-order valence-electron chi connectivity index (χ2n) is 4.64. The second kappa shape index (κ2) is 6.37. The van der Waals surface area contributed by atoms with E-state index in [2.05, 4.69) is 9.71 Å². The van der Waals surface area contributed by atoms with Gasteiger partial charge in [0, 0.05) is 23.6 Å². The number of hydrogen-bond acceptors (Lipinski definition) is 5. The summed E-state index contributed by atoms with van der Waals surface area (Å²) in [4.78, 5) is 14.7. The number of fused-ring (bicyclic) bond motifs is 1. The summed E-state index contributed by atoms with van der Waals surface area (Å²) >= 11 is 0. The summed E-state index contributed by atoms with van der Waals surface area (Å²) in [6.07, 6.45) is 0. The van der Waals surface area contributed by atoms with Crippen molar-refractivity contribution in [3.8, 4) is 11.5 Å². The Morgan fingerprint density at radius 1 is 1.14 bits per heavy atom. The van der Waals surface area contributed by atoms with Crippen molar-refractivity contribution in [3.63, 3.8) is 0 Å². The molecule has 120 valence electrons. The molecule has 0 aliphatic rings. The molecule has 0 bridgehead atoms. The van der Waals surface area contributed by atoms with Gasteiger partial charge in [0.05, 0.1) is 25.5 Å². The highest BCUT2D eigenvalue weighted by molar-refractivity contribution is 7.89. The van der Waals surface area contributed by atoms with Crippen LogP contribution in [0.15, 0.2) is 23.0 Å². The molecule has 0 fully saturated rings. The van der Waals surface area contributed by atoms with Gasteiger partial charge in [-0.05, 0) is 19.1 Å². The van der Waals surface area contributed by atoms with Gasteiger partial charge in [0.2, 0.25) is 10.0 Å². The van der Waals surface area contributed by atoms with E-state index in [1.165, 1.54) is 21.1 Å². The molecule has 1 aromatic heterocycles. The van der Waals surface area contributed by atoms with E-state index in [4.69, 9.17) is 9.47 Å². The molecule has 2 rings (SSSR count). The van der Waals surface area contributed by atoms with Crippen molar-refractivity contribution >= 4 is 20.9 Å². The smallest absolute Gasteiger partial charge is 0.252 e. The number of methoxy groups -OCH3 is 2. The molecule has 0 saturated heterocycles. The maximum absolute atomic E-state index is 12.0. The number of hydrogen-bond donors (Lipinski definition) is 2. The largest absolute Gasteiger partial charge is 0.493 e. The average Bonchev–Trinajstić information content (AvgIpc) is 2.51. The highest BCUT2D eigenvalue weighted by Crippen LogP contribution is 2.30. The van der Waals surface area contributed by atoms with Crippen molar-refractivity contribution in [1.29, 1.82) is 0 Å². The predicted molar refractivity (Wildman–Crippen MR) is 84.0 cm³/mol. The average molecular weight is 326 g/mol. The molecule has 2 N–H and O–H groups in total. The van der Waals surface area contributed by atoms with Gasteiger partial charge in [-0.2, -0.15) is 0 Å². The van der Waals surface area contributed by atoms with Gasteiger partial charge < -0.3 is 14.5 Å². The normalized spacial score (nSPS) is 11.6. The van der Waals surface area contributed by atoms with Gasteiger partial charge in [-0.25, -0.2) is 13.1 Å². The Morgan fingerprint density at radius 3 is 2.36 bits per heavy atom. The van der Waals surface area contributed by atoms with Crippen LogP contribution in [0.4, 0.5) is 0 Å². The quantitative estimate of drug-likeness (QED) is 0.825. The molecule has 0 atom stereocenters. The first kappa shape index (κ1) is 16.3. The van der Waals surface area contributed by atoms with E-state index < -0.39 is 10.0 Å². The SMILES string of the molecule is CCS(=O)(=O)NCc1cc2cc(OC)c(OC)cc2[nH]c1=O. The topological polar surface area (TPSA) is 97.5 Å². The minimum Gasteiger partial charge on any atom is -0.493 e. The van der Waals surface area contributed by atoms with E-state index in [0.717, 1.165) is 5.39 Å². The summed E-state index contributed by atoms with van der Waals surface area (Å²) in [7, 11) is -0.330. The Bertz CT molecular complexity index is 842. The lowest BCUT2D eigenvalue weighted by atomic mass is 10.1. The lowest BCUT2D eigenvalue weighted by Gasteiger charge is -2.10. The Hall–Kier alpha value is -2.06. The van der Waals surface area contributed by atoms with Crippen molar-refractivity contribution in [2.24, 2.45) is 0 Å². The van der Waals surface area contributed by atoms with Crippen molar-refractivity contribution < 1.29 is 17.9 Å². The third kappa shape index (κ3) is 3.40. The van der Waals surface area contributed by atoms with Crippen molar-refractivity contribution in [2.45, 2.75) is 13.5 Å². The van der Waals surface area contributed by atoms with Crippen molar-refractivity contribution in [3.05, 3.63) is 34.1 Å². The number of aromatic nitrogens is 1. The molecular weight excluding hydrogens is 308 g/mol. The Kier molecular flexibility index (Phi) is 4.72. The summed E-state index contributed by atoms with van der Waals surface area (Å²) in [5.41, 5.74) is 0.569. The number of benzene rings is 1. The first-order chi connectivity index (χ1) is 10.4. The van der Waals surface area contributed by atoms with Crippen LogP contribution in [0.5, 0.6) is 11.5 Å². The molecule has 0 spiro atoms. The first-order valence-corrected chi connectivity index (χ1v) is 8.30. The van der Waals surface area contributed by atoms with Gasteiger partial charge in [0.1, 0.15) is 0 Å². The molecule has 0 aliphatic heterocycles. The van der Waals surface area contributed by atoms with E-state index >= 15 is 0 Å². The summed E-state index contributed by atoms with van der Waals surface area (Å²) in [6.45, 7) is 1.47. The maximum atomic E-state index is 12.0. The van der Waals surface area contributed by atoms with Crippen molar-refractivity contribution in [2.75, 3.05) is 20.0 Å². The Morgan fingerprint density at radius 2 is 1.77 bits per heavy atom. The van der Waals surface area contributed by atoms with Crippen LogP contribution in [0.1, 0.15) is 12.5 Å². The maximum Gasteiger partial charge on any atom is 0.252 e. The van der Waals surface area contributed by atoms with E-state index in [9.17, 15) is 13.2 Å². The third-order valence-electron chi connectivity index (χ3n) is 3.29. The van der Waals surface area contributed by atoms with Crippen LogP contribution in [-0.2, 0) is 16.6 Å². The number of H-pyrrole nitrogens is 1. The number of aromatic amines is 1. The molecule has 1 aromatic carbocycles. The molecule has 7 nitrogen and oxygen atoms in total. The Labute approximate surface area is 128 Å². The fourth-order valence-corrected chi connectivity index (χ4v) is 2.58. The molecule has 22 heavy (non-hydrogen) atoms. The highest BCUT2D eigenvalue weighted by Gasteiger charge is 2.11. The van der Waals surface area contributed by atoms with Crippen molar-refractivity contribution in [1.82, 2.24) is 9.71 Å². The van der Waals surface area contributed by atoms with Gasteiger partial charge >= 0.3 is 0 Å². The van der Waals surface area contributed by atoms with Gasteiger partial charge in [0.15, 0.2) is 11.5 Å². The van der Waals surface area contributed by atoms with Crippen LogP contribution in [-0.4, -0.2) is 33.4 Å². The van der Waals surface area contributed by atoms with Crippen LogP contribution in [0.3, 0.4) is 0 Å². The van der Waals surface area contributed by atoms with Crippen LogP contribution in [0.2, 0.25) is 0 Å². The molecular formula is C14H18N2O5S. The molecule has 0 unspecified atom stereocenters. The fourth-order valence-electron chi connectivity index (χ4n) is 2.00. The molecule has 0 radical (unpaired) electrons. The summed E-state index contributed by atoms with van der Waals surface area (Å²) < 4.78 is 35.7. The first-order valence-electron chi connectivity index (χ1n) is 6.65. The monoisotopic (exact) mass is 326 g/mol. The molecule has 0 saturated carbocycles. The van der Waals surface area contributed by atoms with Gasteiger partial charge in [-0.15, -0.1) is 0 Å². The lowest BCUT2D eigenvalue weighted by molar-refractivity contribution is 0.356. The second-order valence-corrected chi connectivity index (χ2v) is 6.74. The zero-order chi connectivity index (χ0) is 16.3. The Balaban J connectivity index is 2.45. The zero-order valence-electron chi connectivity index (χ0n) is 12.6. The van der Waals surface area contributed by atoms with E-state index in [0.29, 0.717) is 22.6 Å². The minimum absolute atomic E-state index is 0.0382. The highest BCUT2D eigenvalue weighted by atomic mass is 32.2. The van der Waals surface area contributed by atoms with E-state index in [1.807, 2.05) is 0 Å². The predicted octanol–water partition coefficient (Wildman–Crippen LogP) is 0.985. The lowest BCUT2D eigenvalue weighted by Crippen LogP contribution is -2.28. The number of ether oxygens (including phenoxy) is 2. The number of pyridine rings is 1. The van der Waals surface area contributed by atoms with Gasteiger partial charge in [-0.1, -0.05) is 0 Å². The molecule has 1 heterocycles. The van der Waals surface area contributed by atoms with Gasteiger partial charge in [-0.3, -0.25) is 4.79 Å². The van der Waals surface area contributed by atoms with Gasteiger partial charge in [0.25, 0.3) is 5.56 Å². The van der Waals surface area contributed by atoms with Crippen LogP contribution in [0.25, 0.3) is 10.9 Å². The number of sulfonamides is 1. The third-order valence-corrected chi connectivity index (χ3v) is 4.63.